The van der Waals surface area contributed by atoms with E-state index in [0.29, 0.717) is 24.6 Å². The lowest BCUT2D eigenvalue weighted by molar-refractivity contribution is -0.129. The molecule has 0 aliphatic carbocycles. The van der Waals surface area contributed by atoms with Crippen molar-refractivity contribution >= 4 is 23.6 Å². The van der Waals surface area contributed by atoms with Crippen LogP contribution in [0.3, 0.4) is 0 Å². The number of benzene rings is 2. The third-order valence-electron chi connectivity index (χ3n) is 6.69. The van der Waals surface area contributed by atoms with Gasteiger partial charge in [-0.05, 0) is 61.6 Å². The molecule has 184 valence electrons. The van der Waals surface area contributed by atoms with E-state index in [9.17, 15) is 4.79 Å². The van der Waals surface area contributed by atoms with E-state index in [1.54, 1.807) is 14.2 Å². The standard InChI is InChI=1S/C26H31N5O3S/c1-18-6-8-21(9-7-18)31-25(29-11-4-5-12-29)27-28-26(31)35-17-24(32)30-13-10-19-14-22(33-2)23(34-3)15-20(19)16-30/h6-9,14-15H,4-5,10-13,16-17H2,1-3H3. The highest BCUT2D eigenvalue weighted by atomic mass is 32.2. The number of nitrogens with zero attached hydrogens (tertiary/aromatic N) is 5. The number of hydrogen-bond donors (Lipinski definition) is 0. The van der Waals surface area contributed by atoms with Crippen molar-refractivity contribution in [1.29, 1.82) is 0 Å². The highest BCUT2D eigenvalue weighted by molar-refractivity contribution is 7.99. The number of thioether (sulfide) groups is 1. The van der Waals surface area contributed by atoms with Gasteiger partial charge in [-0.1, -0.05) is 29.5 Å². The van der Waals surface area contributed by atoms with Gasteiger partial charge in [0.1, 0.15) is 0 Å². The van der Waals surface area contributed by atoms with Crippen LogP contribution in [-0.2, 0) is 17.8 Å². The minimum Gasteiger partial charge on any atom is -0.493 e. The number of aromatic nitrogens is 3. The molecule has 1 amide bonds. The van der Waals surface area contributed by atoms with Crippen LogP contribution in [0.25, 0.3) is 5.69 Å². The maximum absolute atomic E-state index is 13.2. The van der Waals surface area contributed by atoms with Gasteiger partial charge in [0.15, 0.2) is 16.7 Å². The number of ether oxygens (including phenoxy) is 2. The van der Waals surface area contributed by atoms with Crippen molar-refractivity contribution in [1.82, 2.24) is 19.7 Å². The van der Waals surface area contributed by atoms with E-state index < -0.39 is 0 Å². The fraction of sp³-hybridized carbons (Fsp3) is 0.423. The third-order valence-corrected chi connectivity index (χ3v) is 7.61. The molecule has 0 radical (unpaired) electrons. The summed E-state index contributed by atoms with van der Waals surface area (Å²) in [5, 5.41) is 9.75. The summed E-state index contributed by atoms with van der Waals surface area (Å²) in [5.74, 6) is 2.68. The van der Waals surface area contributed by atoms with Gasteiger partial charge in [-0.3, -0.25) is 9.36 Å². The molecule has 2 aromatic carbocycles. The molecule has 0 unspecified atom stereocenters. The second-order valence-electron chi connectivity index (χ2n) is 8.98. The number of fused-ring (bicyclic) bond motifs is 1. The summed E-state index contributed by atoms with van der Waals surface area (Å²) in [6, 6.07) is 12.4. The Morgan fingerprint density at radius 3 is 2.34 bits per heavy atom. The first kappa shape index (κ1) is 23.5. The average molecular weight is 494 g/mol. The van der Waals surface area contributed by atoms with Crippen molar-refractivity contribution in [3.8, 4) is 17.2 Å². The Hall–Kier alpha value is -3.20. The summed E-state index contributed by atoms with van der Waals surface area (Å²) in [7, 11) is 3.28. The monoisotopic (exact) mass is 493 g/mol. The van der Waals surface area contributed by atoms with Crippen LogP contribution in [0.1, 0.15) is 29.5 Å². The van der Waals surface area contributed by atoms with Crippen LogP contribution in [0.2, 0.25) is 0 Å². The molecular weight excluding hydrogens is 462 g/mol. The number of carbonyl (C=O) groups is 1. The second kappa shape index (κ2) is 10.2. The van der Waals surface area contributed by atoms with E-state index in [4.69, 9.17) is 9.47 Å². The van der Waals surface area contributed by atoms with Gasteiger partial charge in [0.05, 0.1) is 25.7 Å². The van der Waals surface area contributed by atoms with Crippen molar-refractivity contribution in [3.05, 3.63) is 53.1 Å². The topological polar surface area (TPSA) is 72.7 Å². The first-order valence-electron chi connectivity index (χ1n) is 12.0. The van der Waals surface area contributed by atoms with Crippen LogP contribution in [-0.4, -0.2) is 65.2 Å². The van der Waals surface area contributed by atoms with Crippen LogP contribution in [0.4, 0.5) is 5.95 Å². The first-order valence-corrected chi connectivity index (χ1v) is 13.0. The number of rotatable bonds is 7. The number of carbonyl (C=O) groups excluding carboxylic acids is 1. The lowest BCUT2D eigenvalue weighted by Crippen LogP contribution is -2.37. The number of anilines is 1. The zero-order valence-corrected chi connectivity index (χ0v) is 21.3. The molecule has 35 heavy (non-hydrogen) atoms. The Kier molecular flexibility index (Phi) is 6.86. The average Bonchev–Trinajstić information content (AvgIpc) is 3.56. The molecule has 0 bridgehead atoms. The zero-order chi connectivity index (χ0) is 24.4. The van der Waals surface area contributed by atoms with Gasteiger partial charge < -0.3 is 19.3 Å². The molecule has 3 heterocycles. The Bertz CT molecular complexity index is 1200. The maximum atomic E-state index is 13.2. The molecule has 0 atom stereocenters. The van der Waals surface area contributed by atoms with Crippen LogP contribution in [0.15, 0.2) is 41.6 Å². The summed E-state index contributed by atoms with van der Waals surface area (Å²) in [4.78, 5) is 17.4. The molecular formula is C26H31N5O3S. The molecule has 1 fully saturated rings. The highest BCUT2D eigenvalue weighted by Gasteiger charge is 2.26. The molecule has 5 rings (SSSR count). The SMILES string of the molecule is COc1cc2c(cc1OC)CN(C(=O)CSc1nnc(N3CCCC3)n1-c1ccc(C)cc1)CC2. The van der Waals surface area contributed by atoms with Crippen molar-refractivity contribution in [2.24, 2.45) is 0 Å². The quantitative estimate of drug-likeness (QED) is 0.463. The van der Waals surface area contributed by atoms with E-state index in [0.717, 1.165) is 60.5 Å². The smallest absolute Gasteiger partial charge is 0.233 e. The van der Waals surface area contributed by atoms with Crippen molar-refractivity contribution in [3.63, 3.8) is 0 Å². The van der Waals surface area contributed by atoms with Gasteiger partial charge in [0, 0.05) is 26.2 Å². The van der Waals surface area contributed by atoms with E-state index >= 15 is 0 Å². The van der Waals surface area contributed by atoms with Gasteiger partial charge in [-0.2, -0.15) is 0 Å². The van der Waals surface area contributed by atoms with E-state index in [1.807, 2.05) is 17.0 Å². The minimum atomic E-state index is 0.0941. The second-order valence-corrected chi connectivity index (χ2v) is 9.92. The lowest BCUT2D eigenvalue weighted by Gasteiger charge is -2.29. The molecule has 9 heteroatoms. The Labute approximate surface area is 210 Å². The van der Waals surface area contributed by atoms with Crippen LogP contribution >= 0.6 is 11.8 Å². The Morgan fingerprint density at radius 2 is 1.66 bits per heavy atom. The third kappa shape index (κ3) is 4.82. The molecule has 0 spiro atoms. The number of methoxy groups -OCH3 is 2. The van der Waals surface area contributed by atoms with Crippen molar-refractivity contribution in [2.45, 2.75) is 37.9 Å². The minimum absolute atomic E-state index is 0.0941. The molecule has 2 aliphatic rings. The predicted molar refractivity (Wildman–Crippen MR) is 137 cm³/mol. The molecule has 2 aliphatic heterocycles. The fourth-order valence-corrected chi connectivity index (χ4v) is 5.56. The highest BCUT2D eigenvalue weighted by Crippen LogP contribution is 2.34. The van der Waals surface area contributed by atoms with E-state index in [-0.39, 0.29) is 5.91 Å². The summed E-state index contributed by atoms with van der Waals surface area (Å²) in [6.07, 6.45) is 3.12. The van der Waals surface area contributed by atoms with Crippen LogP contribution in [0, 0.1) is 6.92 Å². The maximum Gasteiger partial charge on any atom is 0.233 e. The number of aryl methyl sites for hydroxylation is 1. The largest absolute Gasteiger partial charge is 0.493 e. The molecule has 8 nitrogen and oxygen atoms in total. The molecule has 1 saturated heterocycles. The summed E-state index contributed by atoms with van der Waals surface area (Å²) < 4.78 is 13.0. The molecule has 0 saturated carbocycles. The van der Waals surface area contributed by atoms with Crippen LogP contribution in [0.5, 0.6) is 11.5 Å². The van der Waals surface area contributed by atoms with Gasteiger partial charge in [-0.15, -0.1) is 10.2 Å². The lowest BCUT2D eigenvalue weighted by atomic mass is 9.99. The van der Waals surface area contributed by atoms with Gasteiger partial charge in [0.25, 0.3) is 0 Å². The molecule has 0 N–H and O–H groups in total. The molecule has 3 aromatic rings. The molecule has 1 aromatic heterocycles. The van der Waals surface area contributed by atoms with E-state index in [1.165, 1.54) is 22.9 Å². The van der Waals surface area contributed by atoms with Crippen molar-refractivity contribution < 1.29 is 14.3 Å². The van der Waals surface area contributed by atoms with Gasteiger partial charge in [-0.25, -0.2) is 0 Å². The van der Waals surface area contributed by atoms with E-state index in [2.05, 4.69) is 50.9 Å². The van der Waals surface area contributed by atoms with Crippen molar-refractivity contribution in [2.75, 3.05) is 44.5 Å². The summed E-state index contributed by atoms with van der Waals surface area (Å²) >= 11 is 1.45. The van der Waals surface area contributed by atoms with Gasteiger partial charge in [0.2, 0.25) is 11.9 Å². The first-order chi connectivity index (χ1) is 17.1. The number of hydrogen-bond acceptors (Lipinski definition) is 7. The fourth-order valence-electron chi connectivity index (χ4n) is 4.71. The Morgan fingerprint density at radius 1 is 0.971 bits per heavy atom. The van der Waals surface area contributed by atoms with Gasteiger partial charge >= 0.3 is 0 Å². The summed E-state index contributed by atoms with van der Waals surface area (Å²) in [5.41, 5.74) is 4.53. The summed E-state index contributed by atoms with van der Waals surface area (Å²) in [6.45, 7) is 5.29. The normalized spacial score (nSPS) is 15.3. The Balaban J connectivity index is 1.32. The van der Waals surface area contributed by atoms with Crippen LogP contribution < -0.4 is 14.4 Å². The number of amides is 1. The zero-order valence-electron chi connectivity index (χ0n) is 20.5. The predicted octanol–water partition coefficient (Wildman–Crippen LogP) is 3.87.